The third-order valence-corrected chi connectivity index (χ3v) is 4.65. The summed E-state index contributed by atoms with van der Waals surface area (Å²) in [6.45, 7) is 8.17. The Morgan fingerprint density at radius 3 is 2.05 bits per heavy atom. The fourth-order valence-electron chi connectivity index (χ4n) is 2.31. The van der Waals surface area contributed by atoms with Crippen LogP contribution in [0.5, 0.6) is 0 Å². The van der Waals surface area contributed by atoms with Crippen LogP contribution in [-0.4, -0.2) is 24.4 Å². The standard InChI is InChI=1S/C17H19OP.Li.H/c1-11-8-9-15(14(4)10-11)19-17(18)16-12(2)6-5-7-13(16)3;;/h5-10,19H,1-4H3;;. The van der Waals surface area contributed by atoms with Gasteiger partial charge < -0.3 is 0 Å². The van der Waals surface area contributed by atoms with Gasteiger partial charge in [0.25, 0.3) is 0 Å². The van der Waals surface area contributed by atoms with Gasteiger partial charge in [-0.15, -0.1) is 0 Å². The second-order valence-corrected chi connectivity index (χ2v) is 6.28. The number of hydrogen-bond donors (Lipinski definition) is 0. The Balaban J connectivity index is 0.00000200. The Morgan fingerprint density at radius 1 is 0.900 bits per heavy atom. The molecule has 2 aromatic rings. The molecule has 0 aliphatic heterocycles. The van der Waals surface area contributed by atoms with Gasteiger partial charge in [0.15, 0.2) is 5.52 Å². The van der Waals surface area contributed by atoms with Crippen LogP contribution in [0.4, 0.5) is 0 Å². The van der Waals surface area contributed by atoms with Crippen LogP contribution in [0.25, 0.3) is 0 Å². The zero-order valence-electron chi connectivity index (χ0n) is 11.9. The van der Waals surface area contributed by atoms with Gasteiger partial charge >= 0.3 is 18.9 Å². The third kappa shape index (κ3) is 3.83. The van der Waals surface area contributed by atoms with Crippen molar-refractivity contribution >= 4 is 38.3 Å². The molecule has 3 heteroatoms. The first-order valence-electron chi connectivity index (χ1n) is 6.44. The average molecular weight is 278 g/mol. The van der Waals surface area contributed by atoms with Gasteiger partial charge in [0, 0.05) is 5.56 Å². The maximum atomic E-state index is 12.5. The minimum atomic E-state index is 0. The van der Waals surface area contributed by atoms with Crippen molar-refractivity contribution in [3.8, 4) is 0 Å². The van der Waals surface area contributed by atoms with Crippen LogP contribution in [0.1, 0.15) is 32.6 Å². The molecular weight excluding hydrogens is 258 g/mol. The topological polar surface area (TPSA) is 17.1 Å². The van der Waals surface area contributed by atoms with Gasteiger partial charge in [0.05, 0.1) is 0 Å². The van der Waals surface area contributed by atoms with E-state index in [2.05, 4.69) is 32.0 Å². The Morgan fingerprint density at radius 2 is 1.50 bits per heavy atom. The maximum absolute atomic E-state index is 12.5. The quantitative estimate of drug-likeness (QED) is 0.621. The predicted octanol–water partition coefficient (Wildman–Crippen LogP) is 3.42. The van der Waals surface area contributed by atoms with Crippen molar-refractivity contribution in [3.63, 3.8) is 0 Å². The van der Waals surface area contributed by atoms with Crippen LogP contribution < -0.4 is 5.30 Å². The molecule has 1 nitrogen and oxygen atoms in total. The van der Waals surface area contributed by atoms with Gasteiger partial charge in [0.2, 0.25) is 0 Å². The Hall–Kier alpha value is -0.863. The van der Waals surface area contributed by atoms with E-state index in [0.29, 0.717) is 0 Å². The SMILES string of the molecule is Cc1ccc(PC(=O)c2c(C)cccc2C)c(C)c1.[LiH]. The van der Waals surface area contributed by atoms with Gasteiger partial charge in [0.1, 0.15) is 0 Å². The molecular formula is C17H20LiOP. The predicted molar refractivity (Wildman–Crippen MR) is 91.3 cm³/mol. The van der Waals surface area contributed by atoms with Crippen LogP contribution in [0.2, 0.25) is 0 Å². The summed E-state index contributed by atoms with van der Waals surface area (Å²) in [6.07, 6.45) is 0. The number of rotatable bonds is 3. The summed E-state index contributed by atoms with van der Waals surface area (Å²) in [5.74, 6) is 0. The molecule has 2 aromatic carbocycles. The zero-order valence-corrected chi connectivity index (χ0v) is 12.9. The van der Waals surface area contributed by atoms with Gasteiger partial charge in [-0.1, -0.05) is 42.0 Å². The molecule has 0 aromatic heterocycles. The molecule has 100 valence electrons. The van der Waals surface area contributed by atoms with E-state index in [1.165, 1.54) is 11.1 Å². The summed E-state index contributed by atoms with van der Waals surface area (Å²) in [7, 11) is 0.205. The van der Waals surface area contributed by atoms with Crippen LogP contribution in [0.3, 0.4) is 0 Å². The molecule has 0 amide bonds. The molecule has 0 radical (unpaired) electrons. The minimum absolute atomic E-state index is 0. The van der Waals surface area contributed by atoms with E-state index >= 15 is 0 Å². The van der Waals surface area contributed by atoms with E-state index in [9.17, 15) is 4.79 Å². The van der Waals surface area contributed by atoms with E-state index in [4.69, 9.17) is 0 Å². The normalized spacial score (nSPS) is 10.6. The molecule has 0 N–H and O–H groups in total. The fourth-order valence-corrected chi connectivity index (χ4v) is 3.51. The number of benzene rings is 2. The van der Waals surface area contributed by atoms with Gasteiger partial charge in [-0.05, 0) is 58.3 Å². The van der Waals surface area contributed by atoms with Gasteiger partial charge in [-0.2, -0.15) is 0 Å². The first kappa shape index (κ1) is 17.2. The van der Waals surface area contributed by atoms with Crippen molar-refractivity contribution in [2.75, 3.05) is 0 Å². The summed E-state index contributed by atoms with van der Waals surface area (Å²) in [5, 5.41) is 1.15. The molecule has 0 bridgehead atoms. The Bertz CT molecular complexity index is 615. The van der Waals surface area contributed by atoms with Gasteiger partial charge in [-0.25, -0.2) is 0 Å². The summed E-state index contributed by atoms with van der Waals surface area (Å²) < 4.78 is 0. The van der Waals surface area contributed by atoms with Crippen molar-refractivity contribution in [1.29, 1.82) is 0 Å². The summed E-state index contributed by atoms with van der Waals surface area (Å²) >= 11 is 0. The molecule has 1 atom stereocenters. The first-order chi connectivity index (χ1) is 8.99. The van der Waals surface area contributed by atoms with E-state index in [1.807, 2.05) is 32.0 Å². The van der Waals surface area contributed by atoms with E-state index in [0.717, 1.165) is 22.0 Å². The molecule has 0 heterocycles. The average Bonchev–Trinajstić information content (AvgIpc) is 2.32. The monoisotopic (exact) mass is 278 g/mol. The van der Waals surface area contributed by atoms with E-state index < -0.39 is 0 Å². The molecule has 0 aliphatic rings. The van der Waals surface area contributed by atoms with Crippen molar-refractivity contribution < 1.29 is 4.79 Å². The summed E-state index contributed by atoms with van der Waals surface area (Å²) in [6, 6.07) is 12.3. The van der Waals surface area contributed by atoms with E-state index in [1.54, 1.807) is 0 Å². The second kappa shape index (κ2) is 7.23. The van der Waals surface area contributed by atoms with Crippen molar-refractivity contribution in [1.82, 2.24) is 0 Å². The number of aryl methyl sites for hydroxylation is 4. The van der Waals surface area contributed by atoms with Crippen LogP contribution in [-0.2, 0) is 0 Å². The van der Waals surface area contributed by atoms with Gasteiger partial charge in [-0.3, -0.25) is 4.79 Å². The molecule has 1 unspecified atom stereocenters. The number of hydrogen-bond acceptors (Lipinski definition) is 1. The van der Waals surface area contributed by atoms with Crippen molar-refractivity contribution in [2.45, 2.75) is 27.7 Å². The van der Waals surface area contributed by atoms with E-state index in [-0.39, 0.29) is 33.0 Å². The number of carbonyl (C=O) groups excluding carboxylic acids is 1. The summed E-state index contributed by atoms with van der Waals surface area (Å²) in [4.78, 5) is 12.5. The fraction of sp³-hybridized carbons (Fsp3) is 0.235. The van der Waals surface area contributed by atoms with Crippen molar-refractivity contribution in [3.05, 3.63) is 64.2 Å². The van der Waals surface area contributed by atoms with Crippen LogP contribution >= 0.6 is 8.58 Å². The molecule has 0 saturated carbocycles. The molecule has 0 saturated heterocycles. The van der Waals surface area contributed by atoms with Crippen LogP contribution in [0, 0.1) is 27.7 Å². The second-order valence-electron chi connectivity index (χ2n) is 5.04. The van der Waals surface area contributed by atoms with Crippen molar-refractivity contribution in [2.24, 2.45) is 0 Å². The number of carbonyl (C=O) groups is 1. The molecule has 0 aliphatic carbocycles. The molecule has 0 fully saturated rings. The zero-order chi connectivity index (χ0) is 14.0. The van der Waals surface area contributed by atoms with Crippen LogP contribution in [0.15, 0.2) is 36.4 Å². The first-order valence-corrected chi connectivity index (χ1v) is 7.44. The molecule has 2 rings (SSSR count). The Labute approximate surface area is 135 Å². The third-order valence-electron chi connectivity index (χ3n) is 3.34. The summed E-state index contributed by atoms with van der Waals surface area (Å²) in [5.41, 5.74) is 5.72. The molecule has 0 spiro atoms. The Kier molecular flexibility index (Phi) is 6.22. The molecule has 20 heavy (non-hydrogen) atoms.